The zero-order valence-corrected chi connectivity index (χ0v) is 10.6. The van der Waals surface area contributed by atoms with Crippen LogP contribution in [-0.4, -0.2) is 22.5 Å². The van der Waals surface area contributed by atoms with Gasteiger partial charge in [-0.25, -0.2) is 0 Å². The number of rotatable bonds is 3. The van der Waals surface area contributed by atoms with Crippen LogP contribution in [0.1, 0.15) is 36.5 Å². The van der Waals surface area contributed by atoms with Crippen LogP contribution >= 0.6 is 0 Å². The Morgan fingerprint density at radius 2 is 2.26 bits per heavy atom. The van der Waals surface area contributed by atoms with Crippen LogP contribution in [0.3, 0.4) is 0 Å². The maximum absolute atomic E-state index is 11.0. The second-order valence-electron chi connectivity index (χ2n) is 4.65. The Morgan fingerprint density at radius 1 is 1.42 bits per heavy atom. The second kappa shape index (κ2) is 4.84. The fourth-order valence-corrected chi connectivity index (χ4v) is 2.30. The van der Waals surface area contributed by atoms with Gasteiger partial charge in [-0.05, 0) is 19.4 Å². The molecule has 1 unspecified atom stereocenters. The van der Waals surface area contributed by atoms with E-state index in [4.69, 9.17) is 9.26 Å². The number of ketones is 1. The van der Waals surface area contributed by atoms with Gasteiger partial charge in [-0.3, -0.25) is 4.79 Å². The van der Waals surface area contributed by atoms with Crippen molar-refractivity contribution in [2.24, 2.45) is 0 Å². The summed E-state index contributed by atoms with van der Waals surface area (Å²) < 4.78 is 10.7. The average Bonchev–Trinajstić information content (AvgIpc) is 2.85. The molecule has 0 fully saturated rings. The van der Waals surface area contributed by atoms with E-state index in [1.165, 1.54) is 6.92 Å². The third-order valence-electron chi connectivity index (χ3n) is 3.15. The molecule has 1 aliphatic rings. The van der Waals surface area contributed by atoms with Gasteiger partial charge in [0.25, 0.3) is 0 Å². The van der Waals surface area contributed by atoms with E-state index in [1.807, 2.05) is 24.3 Å². The summed E-state index contributed by atoms with van der Waals surface area (Å²) in [6, 6.07) is 7.87. The predicted molar refractivity (Wildman–Crippen MR) is 67.1 cm³/mol. The Kier molecular flexibility index (Phi) is 3.03. The van der Waals surface area contributed by atoms with E-state index >= 15 is 0 Å². The summed E-state index contributed by atoms with van der Waals surface area (Å²) in [5.74, 6) is 1.98. The standard InChI is InChI=1S/C14H14N2O3/c1-9(17)8-13-15-14(16-19-13)11-6-7-18-12-5-3-2-4-10(11)12/h2-5,11H,6-8H2,1H3. The molecule has 5 nitrogen and oxygen atoms in total. The Labute approximate surface area is 110 Å². The molecule has 0 spiro atoms. The summed E-state index contributed by atoms with van der Waals surface area (Å²) in [5, 5.41) is 4.00. The lowest BCUT2D eigenvalue weighted by molar-refractivity contribution is -0.116. The molecule has 0 aliphatic carbocycles. The summed E-state index contributed by atoms with van der Waals surface area (Å²) in [6.45, 7) is 2.14. The number of hydrogen-bond donors (Lipinski definition) is 0. The highest BCUT2D eigenvalue weighted by Gasteiger charge is 2.26. The quantitative estimate of drug-likeness (QED) is 0.843. The zero-order valence-electron chi connectivity index (χ0n) is 10.6. The first-order valence-electron chi connectivity index (χ1n) is 6.27. The minimum atomic E-state index is 0.0163. The van der Waals surface area contributed by atoms with E-state index in [-0.39, 0.29) is 18.1 Å². The molecule has 0 radical (unpaired) electrons. The topological polar surface area (TPSA) is 65.2 Å². The second-order valence-corrected chi connectivity index (χ2v) is 4.65. The highest BCUT2D eigenvalue weighted by Crippen LogP contribution is 2.36. The summed E-state index contributed by atoms with van der Waals surface area (Å²) in [6.07, 6.45) is 1.01. The maximum atomic E-state index is 11.0. The fourth-order valence-electron chi connectivity index (χ4n) is 2.30. The van der Waals surface area contributed by atoms with Gasteiger partial charge in [-0.2, -0.15) is 4.98 Å². The first-order valence-corrected chi connectivity index (χ1v) is 6.27. The smallest absolute Gasteiger partial charge is 0.234 e. The van der Waals surface area contributed by atoms with E-state index in [0.717, 1.165) is 17.7 Å². The molecule has 0 bridgehead atoms. The van der Waals surface area contributed by atoms with Gasteiger partial charge in [-0.1, -0.05) is 23.4 Å². The highest BCUT2D eigenvalue weighted by atomic mass is 16.5. The lowest BCUT2D eigenvalue weighted by Gasteiger charge is -2.23. The van der Waals surface area contributed by atoms with Gasteiger partial charge < -0.3 is 9.26 Å². The summed E-state index contributed by atoms with van der Waals surface area (Å²) in [7, 11) is 0. The third-order valence-corrected chi connectivity index (χ3v) is 3.15. The van der Waals surface area contributed by atoms with Crippen LogP contribution in [0.2, 0.25) is 0 Å². The van der Waals surface area contributed by atoms with E-state index in [0.29, 0.717) is 18.3 Å². The van der Waals surface area contributed by atoms with E-state index in [2.05, 4.69) is 10.1 Å². The van der Waals surface area contributed by atoms with Crippen LogP contribution in [0.25, 0.3) is 0 Å². The summed E-state index contributed by atoms with van der Waals surface area (Å²) >= 11 is 0. The third kappa shape index (κ3) is 2.36. The number of ether oxygens (including phenoxy) is 1. The lowest BCUT2D eigenvalue weighted by atomic mass is 9.92. The van der Waals surface area contributed by atoms with Crippen molar-refractivity contribution in [3.8, 4) is 5.75 Å². The SMILES string of the molecule is CC(=O)Cc1nc(C2CCOc3ccccc32)no1. The first kappa shape index (κ1) is 11.9. The van der Waals surface area contributed by atoms with Gasteiger partial charge in [0, 0.05) is 5.56 Å². The van der Waals surface area contributed by atoms with Crippen molar-refractivity contribution in [1.29, 1.82) is 0 Å². The number of aromatic nitrogens is 2. The Hall–Kier alpha value is -2.17. The van der Waals surface area contributed by atoms with Crippen molar-refractivity contribution >= 4 is 5.78 Å². The molecule has 2 heterocycles. The molecule has 5 heteroatoms. The van der Waals surface area contributed by atoms with Crippen LogP contribution in [0.4, 0.5) is 0 Å². The molecule has 1 atom stereocenters. The van der Waals surface area contributed by atoms with Crippen molar-refractivity contribution in [3.63, 3.8) is 0 Å². The monoisotopic (exact) mass is 258 g/mol. The molecule has 98 valence electrons. The molecule has 1 aliphatic heterocycles. The lowest BCUT2D eigenvalue weighted by Crippen LogP contribution is -2.16. The van der Waals surface area contributed by atoms with Crippen LogP contribution in [0.15, 0.2) is 28.8 Å². The molecule has 2 aromatic rings. The molecule has 19 heavy (non-hydrogen) atoms. The molecule has 1 aromatic carbocycles. The molecular formula is C14H14N2O3. The van der Waals surface area contributed by atoms with E-state index in [9.17, 15) is 4.79 Å². The number of fused-ring (bicyclic) bond motifs is 1. The number of hydrogen-bond acceptors (Lipinski definition) is 5. The van der Waals surface area contributed by atoms with Crippen molar-refractivity contribution in [2.45, 2.75) is 25.7 Å². The number of benzene rings is 1. The predicted octanol–water partition coefficient (Wildman–Crippen LogP) is 2.12. The summed E-state index contributed by atoms with van der Waals surface area (Å²) in [5.41, 5.74) is 1.07. The van der Waals surface area contributed by atoms with E-state index in [1.54, 1.807) is 0 Å². The van der Waals surface area contributed by atoms with Crippen LogP contribution in [0.5, 0.6) is 5.75 Å². The first-order chi connectivity index (χ1) is 9.24. The van der Waals surface area contributed by atoms with Crippen LogP contribution in [-0.2, 0) is 11.2 Å². The molecule has 3 rings (SSSR count). The minimum Gasteiger partial charge on any atom is -0.493 e. The molecule has 0 amide bonds. The van der Waals surface area contributed by atoms with Crippen molar-refractivity contribution in [2.75, 3.05) is 6.61 Å². The normalized spacial score (nSPS) is 17.6. The molecule has 1 aromatic heterocycles. The van der Waals surface area contributed by atoms with Gasteiger partial charge >= 0.3 is 0 Å². The fraction of sp³-hybridized carbons (Fsp3) is 0.357. The Balaban J connectivity index is 1.91. The number of carbonyl (C=O) groups is 1. The molecule has 0 saturated carbocycles. The van der Waals surface area contributed by atoms with Crippen molar-refractivity contribution < 1.29 is 14.1 Å². The van der Waals surface area contributed by atoms with Gasteiger partial charge in [0.2, 0.25) is 5.89 Å². The van der Waals surface area contributed by atoms with Crippen molar-refractivity contribution in [1.82, 2.24) is 10.1 Å². The van der Waals surface area contributed by atoms with Gasteiger partial charge in [-0.15, -0.1) is 0 Å². The Morgan fingerprint density at radius 3 is 3.11 bits per heavy atom. The number of nitrogens with zero attached hydrogens (tertiary/aromatic N) is 2. The molecule has 0 saturated heterocycles. The largest absolute Gasteiger partial charge is 0.493 e. The number of carbonyl (C=O) groups excluding carboxylic acids is 1. The highest BCUT2D eigenvalue weighted by molar-refractivity contribution is 5.77. The summed E-state index contributed by atoms with van der Waals surface area (Å²) in [4.78, 5) is 15.4. The van der Waals surface area contributed by atoms with E-state index < -0.39 is 0 Å². The number of para-hydroxylation sites is 1. The molecular weight excluding hydrogens is 244 g/mol. The Bertz CT molecular complexity index is 606. The van der Waals surface area contributed by atoms with Gasteiger partial charge in [0.1, 0.15) is 11.5 Å². The van der Waals surface area contributed by atoms with Crippen molar-refractivity contribution in [3.05, 3.63) is 41.5 Å². The number of Topliss-reactive ketones (excluding diaryl/α,β-unsaturated/α-hetero) is 1. The average molecular weight is 258 g/mol. The maximum Gasteiger partial charge on any atom is 0.234 e. The zero-order chi connectivity index (χ0) is 13.2. The van der Waals surface area contributed by atoms with Gasteiger partial charge in [0.15, 0.2) is 5.82 Å². The van der Waals surface area contributed by atoms with Gasteiger partial charge in [0.05, 0.1) is 18.9 Å². The van der Waals surface area contributed by atoms with Crippen LogP contribution < -0.4 is 4.74 Å². The minimum absolute atomic E-state index is 0.0163. The van der Waals surface area contributed by atoms with Crippen LogP contribution in [0, 0.1) is 0 Å². The molecule has 0 N–H and O–H groups in total.